The fourth-order valence-corrected chi connectivity index (χ4v) is 1.70. The van der Waals surface area contributed by atoms with Crippen LogP contribution in [-0.4, -0.2) is 11.7 Å². The second kappa shape index (κ2) is 4.69. The van der Waals surface area contributed by atoms with Gasteiger partial charge in [-0.15, -0.1) is 0 Å². The van der Waals surface area contributed by atoms with Crippen molar-refractivity contribution in [1.82, 2.24) is 0 Å². The van der Waals surface area contributed by atoms with Crippen molar-refractivity contribution in [3.8, 4) is 0 Å². The lowest BCUT2D eigenvalue weighted by molar-refractivity contribution is 0.0918. The summed E-state index contributed by atoms with van der Waals surface area (Å²) in [4.78, 5) is 0. The van der Waals surface area contributed by atoms with Gasteiger partial charge in [-0.3, -0.25) is 0 Å². The zero-order chi connectivity index (χ0) is 10.7. The number of halogens is 1. The van der Waals surface area contributed by atoms with Crippen LogP contribution in [0.25, 0.3) is 0 Å². The molecule has 2 nitrogen and oxygen atoms in total. The van der Waals surface area contributed by atoms with E-state index in [0.717, 1.165) is 18.4 Å². The van der Waals surface area contributed by atoms with E-state index in [1.807, 2.05) is 18.2 Å². The van der Waals surface area contributed by atoms with Gasteiger partial charge in [0.1, 0.15) is 11.9 Å². The standard InChI is InChI=1S/C12H13ClO2/c13-10-6-4-9(5-7-10)12(14)11-3-1-2-8-15-11/h3-7,12,14H,1-2,8H2. The van der Waals surface area contributed by atoms with Crippen molar-refractivity contribution >= 4 is 11.6 Å². The Bertz CT molecular complexity index is 356. The Hall–Kier alpha value is -0.990. The number of rotatable bonds is 2. The van der Waals surface area contributed by atoms with E-state index in [1.165, 1.54) is 0 Å². The fraction of sp³-hybridized carbons (Fsp3) is 0.333. The van der Waals surface area contributed by atoms with E-state index in [1.54, 1.807) is 12.1 Å². The molecule has 0 spiro atoms. The second-order valence-electron chi connectivity index (χ2n) is 3.55. The van der Waals surface area contributed by atoms with E-state index in [-0.39, 0.29) is 0 Å². The van der Waals surface area contributed by atoms with Crippen LogP contribution in [0, 0.1) is 0 Å². The Labute approximate surface area is 94.1 Å². The number of ether oxygens (including phenoxy) is 1. The third-order valence-electron chi connectivity index (χ3n) is 2.42. The van der Waals surface area contributed by atoms with Crippen LogP contribution in [0.2, 0.25) is 5.02 Å². The van der Waals surface area contributed by atoms with Crippen molar-refractivity contribution in [2.24, 2.45) is 0 Å². The summed E-state index contributed by atoms with van der Waals surface area (Å²) in [5.41, 5.74) is 0.813. The number of hydrogen-bond donors (Lipinski definition) is 1. The lowest BCUT2D eigenvalue weighted by atomic mass is 10.1. The molecule has 0 bridgehead atoms. The molecule has 1 N–H and O–H groups in total. The zero-order valence-corrected chi connectivity index (χ0v) is 9.07. The molecule has 80 valence electrons. The summed E-state index contributed by atoms with van der Waals surface area (Å²) < 4.78 is 5.40. The van der Waals surface area contributed by atoms with E-state index in [2.05, 4.69) is 0 Å². The molecular weight excluding hydrogens is 212 g/mol. The van der Waals surface area contributed by atoms with Gasteiger partial charge in [-0.25, -0.2) is 0 Å². The monoisotopic (exact) mass is 224 g/mol. The molecule has 0 aliphatic carbocycles. The quantitative estimate of drug-likeness (QED) is 0.837. The Morgan fingerprint density at radius 3 is 2.60 bits per heavy atom. The van der Waals surface area contributed by atoms with E-state index >= 15 is 0 Å². The number of aliphatic hydroxyl groups excluding tert-OH is 1. The van der Waals surface area contributed by atoms with Crippen molar-refractivity contribution < 1.29 is 9.84 Å². The van der Waals surface area contributed by atoms with Gasteiger partial charge in [0.2, 0.25) is 0 Å². The molecule has 2 rings (SSSR count). The normalized spacial score (nSPS) is 17.9. The predicted molar refractivity (Wildman–Crippen MR) is 59.7 cm³/mol. The zero-order valence-electron chi connectivity index (χ0n) is 8.32. The number of aliphatic hydroxyl groups is 1. The van der Waals surface area contributed by atoms with Gasteiger partial charge in [0.25, 0.3) is 0 Å². The van der Waals surface area contributed by atoms with Gasteiger partial charge in [-0.2, -0.15) is 0 Å². The highest BCUT2D eigenvalue weighted by Crippen LogP contribution is 2.26. The average Bonchev–Trinajstić information content (AvgIpc) is 2.30. The van der Waals surface area contributed by atoms with Gasteiger partial charge in [0, 0.05) is 5.02 Å². The molecule has 0 amide bonds. The van der Waals surface area contributed by atoms with Gasteiger partial charge in [-0.05, 0) is 36.6 Å². The van der Waals surface area contributed by atoms with E-state index in [4.69, 9.17) is 16.3 Å². The van der Waals surface area contributed by atoms with Gasteiger partial charge in [-0.1, -0.05) is 23.7 Å². The maximum Gasteiger partial charge on any atom is 0.136 e. The van der Waals surface area contributed by atoms with Crippen LogP contribution < -0.4 is 0 Å². The average molecular weight is 225 g/mol. The van der Waals surface area contributed by atoms with Crippen LogP contribution in [0.15, 0.2) is 36.1 Å². The summed E-state index contributed by atoms with van der Waals surface area (Å²) in [5, 5.41) is 10.7. The minimum Gasteiger partial charge on any atom is -0.495 e. The smallest absolute Gasteiger partial charge is 0.136 e. The maximum atomic E-state index is 10.00. The molecule has 1 aliphatic rings. The van der Waals surface area contributed by atoms with Crippen LogP contribution in [0.4, 0.5) is 0 Å². The van der Waals surface area contributed by atoms with Crippen LogP contribution in [0.5, 0.6) is 0 Å². The first-order valence-electron chi connectivity index (χ1n) is 5.04. The predicted octanol–water partition coefficient (Wildman–Crippen LogP) is 3.07. The number of benzene rings is 1. The first-order valence-corrected chi connectivity index (χ1v) is 5.41. The van der Waals surface area contributed by atoms with Crippen LogP contribution >= 0.6 is 11.6 Å². The number of hydrogen-bond acceptors (Lipinski definition) is 2. The molecule has 15 heavy (non-hydrogen) atoms. The highest BCUT2D eigenvalue weighted by atomic mass is 35.5. The Kier molecular flexibility index (Phi) is 3.29. The fourth-order valence-electron chi connectivity index (χ4n) is 1.58. The molecule has 0 aromatic heterocycles. The van der Waals surface area contributed by atoms with E-state index in [9.17, 15) is 5.11 Å². The summed E-state index contributed by atoms with van der Waals surface area (Å²) in [6.45, 7) is 0.691. The molecule has 1 heterocycles. The first-order chi connectivity index (χ1) is 7.27. The lowest BCUT2D eigenvalue weighted by Gasteiger charge is -2.20. The summed E-state index contributed by atoms with van der Waals surface area (Å²) in [6.07, 6.45) is 3.28. The molecule has 1 atom stereocenters. The largest absolute Gasteiger partial charge is 0.495 e. The minimum absolute atomic E-state index is 0.656. The third kappa shape index (κ3) is 2.52. The van der Waals surface area contributed by atoms with Crippen molar-refractivity contribution in [2.45, 2.75) is 18.9 Å². The third-order valence-corrected chi connectivity index (χ3v) is 2.67. The Balaban J connectivity index is 2.16. The van der Waals surface area contributed by atoms with Crippen LogP contribution in [0.1, 0.15) is 24.5 Å². The highest BCUT2D eigenvalue weighted by Gasteiger charge is 2.16. The molecule has 3 heteroatoms. The van der Waals surface area contributed by atoms with E-state index < -0.39 is 6.10 Å². The molecule has 0 saturated carbocycles. The topological polar surface area (TPSA) is 29.5 Å². The van der Waals surface area contributed by atoms with E-state index in [0.29, 0.717) is 17.4 Å². The summed E-state index contributed by atoms with van der Waals surface area (Å²) >= 11 is 5.77. The molecule has 1 aliphatic heterocycles. The van der Waals surface area contributed by atoms with Gasteiger partial charge in [0.05, 0.1) is 6.61 Å². The van der Waals surface area contributed by atoms with Crippen LogP contribution in [-0.2, 0) is 4.74 Å². The molecule has 0 fully saturated rings. The van der Waals surface area contributed by atoms with Crippen molar-refractivity contribution in [2.75, 3.05) is 6.61 Å². The maximum absolute atomic E-state index is 10.00. The van der Waals surface area contributed by atoms with Gasteiger partial charge in [0.15, 0.2) is 0 Å². The molecule has 0 radical (unpaired) electrons. The Morgan fingerprint density at radius 2 is 2.00 bits per heavy atom. The van der Waals surface area contributed by atoms with Crippen molar-refractivity contribution in [3.05, 3.63) is 46.7 Å². The summed E-state index contributed by atoms with van der Waals surface area (Å²) in [5.74, 6) is 0.656. The molecular formula is C12H13ClO2. The minimum atomic E-state index is -0.664. The molecule has 1 aromatic rings. The summed E-state index contributed by atoms with van der Waals surface area (Å²) in [6, 6.07) is 7.16. The highest BCUT2D eigenvalue weighted by molar-refractivity contribution is 6.30. The van der Waals surface area contributed by atoms with Crippen molar-refractivity contribution in [3.63, 3.8) is 0 Å². The lowest BCUT2D eigenvalue weighted by Crippen LogP contribution is -2.09. The first kappa shape index (κ1) is 10.5. The van der Waals surface area contributed by atoms with Crippen LogP contribution in [0.3, 0.4) is 0 Å². The number of allylic oxidation sites excluding steroid dienone is 1. The van der Waals surface area contributed by atoms with Gasteiger partial charge < -0.3 is 9.84 Å². The SMILES string of the molecule is OC(C1=CCCCO1)c1ccc(Cl)cc1. The van der Waals surface area contributed by atoms with Gasteiger partial charge >= 0.3 is 0 Å². The Morgan fingerprint density at radius 1 is 1.27 bits per heavy atom. The second-order valence-corrected chi connectivity index (χ2v) is 3.99. The summed E-state index contributed by atoms with van der Waals surface area (Å²) in [7, 11) is 0. The molecule has 1 aromatic carbocycles. The molecule has 0 saturated heterocycles. The van der Waals surface area contributed by atoms with Crippen molar-refractivity contribution in [1.29, 1.82) is 0 Å². The molecule has 1 unspecified atom stereocenters.